The Hall–Kier alpha value is -0.870. The molecule has 0 aliphatic rings. The van der Waals surface area contributed by atoms with Crippen LogP contribution in [0.4, 0.5) is 0 Å². The first-order chi connectivity index (χ1) is 7.52. The SMILES string of the molecule is CC(C)=C(C)C(=O)OCCCC(CO)CO. The first kappa shape index (κ1) is 15.1. The van der Waals surface area contributed by atoms with Gasteiger partial charge in [0.05, 0.1) is 6.61 Å². The van der Waals surface area contributed by atoms with Gasteiger partial charge in [-0.3, -0.25) is 0 Å². The maximum Gasteiger partial charge on any atom is 0.333 e. The van der Waals surface area contributed by atoms with Crippen molar-refractivity contribution in [3.8, 4) is 0 Å². The van der Waals surface area contributed by atoms with Crippen LogP contribution in [0.15, 0.2) is 11.1 Å². The number of hydrogen-bond acceptors (Lipinski definition) is 4. The first-order valence-corrected chi connectivity index (χ1v) is 5.55. The van der Waals surface area contributed by atoms with Crippen LogP contribution in [-0.4, -0.2) is 36.0 Å². The molecule has 0 radical (unpaired) electrons. The molecule has 0 spiro atoms. The number of hydrogen-bond donors (Lipinski definition) is 2. The summed E-state index contributed by atoms with van der Waals surface area (Å²) in [7, 11) is 0. The fraction of sp³-hybridized carbons (Fsp3) is 0.750. The maximum atomic E-state index is 11.4. The highest BCUT2D eigenvalue weighted by Crippen LogP contribution is 2.07. The van der Waals surface area contributed by atoms with Gasteiger partial charge in [0.25, 0.3) is 0 Å². The lowest BCUT2D eigenvalue weighted by atomic mass is 10.1. The van der Waals surface area contributed by atoms with Gasteiger partial charge in [-0.25, -0.2) is 4.79 Å². The van der Waals surface area contributed by atoms with Gasteiger partial charge in [-0.15, -0.1) is 0 Å². The summed E-state index contributed by atoms with van der Waals surface area (Å²) in [5.41, 5.74) is 1.59. The van der Waals surface area contributed by atoms with Crippen LogP contribution < -0.4 is 0 Å². The molecule has 0 aliphatic carbocycles. The van der Waals surface area contributed by atoms with Crippen LogP contribution in [0.1, 0.15) is 33.6 Å². The van der Waals surface area contributed by atoms with Crippen LogP contribution in [0.25, 0.3) is 0 Å². The van der Waals surface area contributed by atoms with Crippen molar-refractivity contribution in [3.63, 3.8) is 0 Å². The third-order valence-corrected chi connectivity index (χ3v) is 2.56. The van der Waals surface area contributed by atoms with E-state index in [9.17, 15) is 4.79 Å². The third kappa shape index (κ3) is 5.88. The highest BCUT2D eigenvalue weighted by Gasteiger charge is 2.08. The number of aliphatic hydroxyl groups is 2. The Balaban J connectivity index is 3.75. The Bertz CT molecular complexity index is 237. The van der Waals surface area contributed by atoms with E-state index >= 15 is 0 Å². The second-order valence-corrected chi connectivity index (χ2v) is 4.13. The van der Waals surface area contributed by atoms with Gasteiger partial charge in [-0.1, -0.05) is 5.57 Å². The predicted molar refractivity (Wildman–Crippen MR) is 61.9 cm³/mol. The van der Waals surface area contributed by atoms with E-state index in [0.29, 0.717) is 25.0 Å². The van der Waals surface area contributed by atoms with E-state index in [0.717, 1.165) is 5.57 Å². The standard InChI is InChI=1S/C12H22O4/c1-9(2)10(3)12(15)16-6-4-5-11(7-13)8-14/h11,13-14H,4-8H2,1-3H3. The van der Waals surface area contributed by atoms with Crippen LogP contribution in [0, 0.1) is 5.92 Å². The average Bonchev–Trinajstić information content (AvgIpc) is 2.27. The zero-order valence-electron chi connectivity index (χ0n) is 10.3. The zero-order valence-corrected chi connectivity index (χ0v) is 10.3. The average molecular weight is 230 g/mol. The van der Waals surface area contributed by atoms with Crippen molar-refractivity contribution in [3.05, 3.63) is 11.1 Å². The van der Waals surface area contributed by atoms with Gasteiger partial charge in [0.15, 0.2) is 0 Å². The molecular formula is C12H22O4. The van der Waals surface area contributed by atoms with Gasteiger partial charge in [-0.2, -0.15) is 0 Å². The van der Waals surface area contributed by atoms with Crippen molar-refractivity contribution < 1.29 is 19.7 Å². The Morgan fingerprint density at radius 1 is 1.19 bits per heavy atom. The van der Waals surface area contributed by atoms with Gasteiger partial charge < -0.3 is 14.9 Å². The Kier molecular flexibility index (Phi) is 7.85. The summed E-state index contributed by atoms with van der Waals surface area (Å²) >= 11 is 0. The topological polar surface area (TPSA) is 66.8 Å². The fourth-order valence-corrected chi connectivity index (χ4v) is 1.09. The number of rotatable bonds is 7. The molecule has 0 amide bonds. The normalized spacial score (nSPS) is 10.4. The van der Waals surface area contributed by atoms with Crippen molar-refractivity contribution in [2.24, 2.45) is 5.92 Å². The molecular weight excluding hydrogens is 208 g/mol. The largest absolute Gasteiger partial charge is 0.462 e. The molecule has 0 saturated carbocycles. The minimum atomic E-state index is -0.287. The lowest BCUT2D eigenvalue weighted by Gasteiger charge is -2.10. The molecule has 16 heavy (non-hydrogen) atoms. The first-order valence-electron chi connectivity index (χ1n) is 5.55. The van der Waals surface area contributed by atoms with E-state index in [2.05, 4.69) is 0 Å². The molecule has 94 valence electrons. The van der Waals surface area contributed by atoms with Crippen LogP contribution in [0.5, 0.6) is 0 Å². The molecule has 0 saturated heterocycles. The summed E-state index contributed by atoms with van der Waals surface area (Å²) in [5, 5.41) is 17.6. The number of carbonyl (C=O) groups excluding carboxylic acids is 1. The molecule has 0 aromatic heterocycles. The van der Waals surface area contributed by atoms with Crippen LogP contribution in [-0.2, 0) is 9.53 Å². The summed E-state index contributed by atoms with van der Waals surface area (Å²) in [6.07, 6.45) is 1.32. The second-order valence-electron chi connectivity index (χ2n) is 4.13. The van der Waals surface area contributed by atoms with Gasteiger partial charge >= 0.3 is 5.97 Å². The van der Waals surface area contributed by atoms with Crippen molar-refractivity contribution >= 4 is 5.97 Å². The molecule has 0 rings (SSSR count). The van der Waals surface area contributed by atoms with Crippen molar-refractivity contribution in [1.82, 2.24) is 0 Å². The summed E-state index contributed by atoms with van der Waals surface area (Å²) in [5.74, 6) is -0.396. The molecule has 0 fully saturated rings. The van der Waals surface area contributed by atoms with Gasteiger partial charge in [0, 0.05) is 24.7 Å². The second kappa shape index (κ2) is 8.30. The summed E-state index contributed by atoms with van der Waals surface area (Å²) < 4.78 is 5.04. The Morgan fingerprint density at radius 3 is 2.19 bits per heavy atom. The van der Waals surface area contributed by atoms with Gasteiger partial charge in [0.2, 0.25) is 0 Å². The highest BCUT2D eigenvalue weighted by molar-refractivity contribution is 5.88. The molecule has 0 atom stereocenters. The van der Waals surface area contributed by atoms with Crippen LogP contribution >= 0.6 is 0 Å². The Labute approximate surface area is 96.9 Å². The Morgan fingerprint density at radius 2 is 1.75 bits per heavy atom. The lowest BCUT2D eigenvalue weighted by Crippen LogP contribution is -2.13. The smallest absolute Gasteiger partial charge is 0.333 e. The molecule has 0 aromatic carbocycles. The fourth-order valence-electron chi connectivity index (χ4n) is 1.09. The van der Waals surface area contributed by atoms with Crippen LogP contribution in [0.3, 0.4) is 0 Å². The van der Waals surface area contributed by atoms with Crippen molar-refractivity contribution in [1.29, 1.82) is 0 Å². The molecule has 0 bridgehead atoms. The molecule has 0 unspecified atom stereocenters. The highest BCUT2D eigenvalue weighted by atomic mass is 16.5. The van der Waals surface area contributed by atoms with E-state index in [1.807, 2.05) is 13.8 Å². The van der Waals surface area contributed by atoms with Crippen LogP contribution in [0.2, 0.25) is 0 Å². The molecule has 0 heterocycles. The van der Waals surface area contributed by atoms with E-state index in [1.165, 1.54) is 0 Å². The summed E-state index contributed by atoms with van der Waals surface area (Å²) in [4.78, 5) is 11.4. The number of allylic oxidation sites excluding steroid dienone is 1. The van der Waals surface area contributed by atoms with Crippen molar-refractivity contribution in [2.45, 2.75) is 33.6 Å². The molecule has 0 aliphatic heterocycles. The number of esters is 1. The molecule has 2 N–H and O–H groups in total. The number of carbonyl (C=O) groups is 1. The predicted octanol–water partition coefficient (Wildman–Crippen LogP) is 1.27. The monoisotopic (exact) mass is 230 g/mol. The van der Waals surface area contributed by atoms with Crippen molar-refractivity contribution in [2.75, 3.05) is 19.8 Å². The summed E-state index contributed by atoms with van der Waals surface area (Å²) in [6, 6.07) is 0. The van der Waals surface area contributed by atoms with Gasteiger partial charge in [-0.05, 0) is 33.6 Å². The molecule has 0 aromatic rings. The van der Waals surface area contributed by atoms with Gasteiger partial charge in [0.1, 0.15) is 0 Å². The summed E-state index contributed by atoms with van der Waals surface area (Å²) in [6.45, 7) is 5.74. The molecule has 4 nitrogen and oxygen atoms in total. The quantitative estimate of drug-likeness (QED) is 0.392. The molecule has 4 heteroatoms. The lowest BCUT2D eigenvalue weighted by molar-refractivity contribution is -0.139. The minimum absolute atomic E-state index is 0.0303. The minimum Gasteiger partial charge on any atom is -0.462 e. The van der Waals surface area contributed by atoms with E-state index < -0.39 is 0 Å². The zero-order chi connectivity index (χ0) is 12.6. The maximum absolute atomic E-state index is 11.4. The van der Waals surface area contributed by atoms with E-state index in [4.69, 9.17) is 14.9 Å². The number of ether oxygens (including phenoxy) is 1. The van der Waals surface area contributed by atoms with E-state index in [1.54, 1.807) is 6.92 Å². The van der Waals surface area contributed by atoms with E-state index in [-0.39, 0.29) is 25.1 Å². The number of aliphatic hydroxyl groups excluding tert-OH is 2. The third-order valence-electron chi connectivity index (χ3n) is 2.56.